The van der Waals surface area contributed by atoms with Crippen molar-refractivity contribution in [2.45, 2.75) is 0 Å². The zero-order valence-electron chi connectivity index (χ0n) is 3.83. The van der Waals surface area contributed by atoms with Crippen molar-refractivity contribution >= 4 is 0 Å². The normalized spacial score (nSPS) is 0. The van der Waals surface area contributed by atoms with E-state index in [1.54, 1.807) is 0 Å². The van der Waals surface area contributed by atoms with Crippen LogP contribution in [0.4, 0.5) is 0 Å². The van der Waals surface area contributed by atoms with Crippen LogP contribution in [0.25, 0.3) is 0 Å². The van der Waals surface area contributed by atoms with Crippen LogP contribution in [0.3, 0.4) is 0 Å². The molecule has 0 saturated heterocycles. The van der Waals surface area contributed by atoms with Gasteiger partial charge in [-0.15, -0.1) is 0 Å². The molecule has 0 unspecified atom stereocenters. The van der Waals surface area contributed by atoms with Crippen LogP contribution in [0, 0.1) is 0 Å². The Morgan fingerprint density at radius 3 is 0.200 bits per heavy atom. The van der Waals surface area contributed by atoms with Crippen molar-refractivity contribution < 1.29 is 183 Å². The summed E-state index contributed by atoms with van der Waals surface area (Å²) in [5.41, 5.74) is 0. The van der Waals surface area contributed by atoms with Crippen molar-refractivity contribution in [3.8, 4) is 0 Å². The summed E-state index contributed by atoms with van der Waals surface area (Å²) in [5.74, 6) is 0. The smallest absolute Gasteiger partial charge is 0 e. The summed E-state index contributed by atoms with van der Waals surface area (Å²) in [6.07, 6.45) is 0. The second-order valence-corrected chi connectivity index (χ2v) is 0. The van der Waals surface area contributed by atoms with E-state index in [4.69, 9.17) is 0 Å². The molecule has 0 saturated carbocycles. The minimum Gasteiger partial charge on any atom is 0 e. The molecule has 0 amide bonds. The number of rotatable bonds is 0. The van der Waals surface area contributed by atoms with Crippen molar-refractivity contribution in [1.29, 1.82) is 0 Å². The van der Waals surface area contributed by atoms with E-state index in [-0.39, 0.29) is 183 Å². The first-order valence-corrected chi connectivity index (χ1v) is 0. The van der Waals surface area contributed by atoms with Crippen molar-refractivity contribution in [2.24, 2.45) is 0 Å². The number of hydrogen-bond acceptors (Lipinski definition) is 0. The third kappa shape index (κ3) is 68.1. The van der Waals surface area contributed by atoms with Gasteiger partial charge in [-0.3, -0.25) is 0 Å². The van der Waals surface area contributed by atoms with Crippen molar-refractivity contribution in [3.05, 3.63) is 0 Å². The quantitative estimate of drug-likeness (QED) is 0.369. The second kappa shape index (κ2) is 85.1. The van der Waals surface area contributed by atoms with Gasteiger partial charge in [0.1, 0.15) is 0 Å². The monoisotopic (exact) mass is 556 g/mol. The Hall–Kier alpha value is 5.69. The molecule has 0 rings (SSSR count). The third-order valence-electron chi connectivity index (χ3n) is 0. The van der Waals surface area contributed by atoms with Gasteiger partial charge in [0.25, 0.3) is 0 Å². The average molecular weight is 556 g/mol. The van der Waals surface area contributed by atoms with Crippen LogP contribution < -0.4 is 0 Å². The van der Waals surface area contributed by atoms with Gasteiger partial charge < -0.3 is 0 Å². The maximum Gasteiger partial charge on any atom is 0 e. The van der Waals surface area contributed by atoms with E-state index in [0.29, 0.717) is 0 Å². The van der Waals surface area contributed by atoms with Crippen molar-refractivity contribution in [1.82, 2.24) is 0 Å². The molecule has 0 bridgehead atoms. The largest absolute Gasteiger partial charge is 0 e. The average Bonchev–Trinajstić information content (AvgIpc) is 0. The molecule has 0 atom stereocenters. The molecule has 0 aliphatic rings. The Morgan fingerprint density at radius 2 is 0.200 bits per heavy atom. The van der Waals surface area contributed by atoms with Crippen LogP contribution in [0.5, 0.6) is 0 Å². The molecule has 0 spiro atoms. The van der Waals surface area contributed by atoms with Gasteiger partial charge in [-0.05, 0) is 0 Å². The van der Waals surface area contributed by atoms with Gasteiger partial charge in [0.05, 0.1) is 0 Å². The standard InChI is InChI=1S/7Co.3Ti. The zero-order chi connectivity index (χ0) is 0. The van der Waals surface area contributed by atoms with Gasteiger partial charge in [0.2, 0.25) is 0 Å². The first-order chi connectivity index (χ1) is 0. The molecule has 0 aliphatic heterocycles. The minimum atomic E-state index is 0. The van der Waals surface area contributed by atoms with E-state index in [2.05, 4.69) is 0 Å². The molecule has 0 aromatic carbocycles. The van der Waals surface area contributed by atoms with E-state index in [9.17, 15) is 0 Å². The molecular weight excluding hydrogens is 556 g/mol. The summed E-state index contributed by atoms with van der Waals surface area (Å²) in [6.45, 7) is 0. The molecular formula is Co7Ti3. The Labute approximate surface area is 179 Å². The fourth-order valence-electron chi connectivity index (χ4n) is 0. The van der Waals surface area contributed by atoms with Gasteiger partial charge in [0, 0.05) is 183 Å². The molecule has 0 heterocycles. The molecule has 0 aromatic rings. The van der Waals surface area contributed by atoms with Gasteiger partial charge in [0.15, 0.2) is 0 Å². The Balaban J connectivity index is 0. The van der Waals surface area contributed by atoms with Crippen LogP contribution in [0.2, 0.25) is 0 Å². The molecule has 7 radical (unpaired) electrons. The van der Waals surface area contributed by atoms with Gasteiger partial charge in [-0.25, -0.2) is 0 Å². The van der Waals surface area contributed by atoms with Crippen LogP contribution in [-0.2, 0) is 183 Å². The van der Waals surface area contributed by atoms with Crippen molar-refractivity contribution in [2.75, 3.05) is 0 Å². The Morgan fingerprint density at radius 1 is 0.200 bits per heavy atom. The fourth-order valence-corrected chi connectivity index (χ4v) is 0. The SMILES string of the molecule is [Co].[Co].[Co].[Co].[Co].[Co].[Co].[Ti].[Ti].[Ti]. The topological polar surface area (TPSA) is 0 Å². The van der Waals surface area contributed by atoms with Gasteiger partial charge in [-0.2, -0.15) is 0 Å². The molecule has 10 heavy (non-hydrogen) atoms. The minimum absolute atomic E-state index is 0. The first-order valence-electron chi connectivity index (χ1n) is 0. The predicted octanol–water partition coefficient (Wildman–Crippen LogP) is -0.0250. The summed E-state index contributed by atoms with van der Waals surface area (Å²) >= 11 is 0. The van der Waals surface area contributed by atoms with Crippen LogP contribution in [-0.4, -0.2) is 0 Å². The Bertz CT molecular complexity index is 8.81. The predicted molar refractivity (Wildman–Crippen MR) is 0 cm³/mol. The summed E-state index contributed by atoms with van der Waals surface area (Å²) in [4.78, 5) is 0. The molecule has 0 N–H and O–H groups in total. The fraction of sp³-hybridized carbons (Fsp3) is 0. The molecule has 0 aliphatic carbocycles. The first kappa shape index (κ1) is 105. The molecule has 10 heteroatoms. The van der Waals surface area contributed by atoms with E-state index >= 15 is 0 Å². The molecule has 75 valence electrons. The maximum atomic E-state index is 0. The molecule has 0 aromatic heterocycles. The summed E-state index contributed by atoms with van der Waals surface area (Å²) in [5, 5.41) is 0. The summed E-state index contributed by atoms with van der Waals surface area (Å²) in [7, 11) is 0. The van der Waals surface area contributed by atoms with E-state index in [1.165, 1.54) is 0 Å². The van der Waals surface area contributed by atoms with Gasteiger partial charge >= 0.3 is 0 Å². The summed E-state index contributed by atoms with van der Waals surface area (Å²) in [6, 6.07) is 0. The van der Waals surface area contributed by atoms with Gasteiger partial charge in [-0.1, -0.05) is 0 Å². The maximum absolute atomic E-state index is 0. The zero-order valence-corrected chi connectivity index (χ0v) is 15.8. The summed E-state index contributed by atoms with van der Waals surface area (Å²) < 4.78 is 0. The van der Waals surface area contributed by atoms with E-state index in [0.717, 1.165) is 0 Å². The molecule has 0 nitrogen and oxygen atoms in total. The van der Waals surface area contributed by atoms with E-state index in [1.807, 2.05) is 0 Å². The second-order valence-electron chi connectivity index (χ2n) is 0. The van der Waals surface area contributed by atoms with E-state index < -0.39 is 0 Å². The van der Waals surface area contributed by atoms with Crippen molar-refractivity contribution in [3.63, 3.8) is 0 Å². The van der Waals surface area contributed by atoms with Crippen LogP contribution in [0.1, 0.15) is 0 Å². The third-order valence-corrected chi connectivity index (χ3v) is 0. The molecule has 0 fully saturated rings. The number of hydrogen-bond donors (Lipinski definition) is 0. The Kier molecular flexibility index (Phi) is 890. The van der Waals surface area contributed by atoms with Crippen LogP contribution >= 0.6 is 0 Å². The van der Waals surface area contributed by atoms with Crippen LogP contribution in [0.15, 0.2) is 0 Å².